The second-order valence-corrected chi connectivity index (χ2v) is 12.3. The Balaban J connectivity index is 1.62. The topological polar surface area (TPSA) is 81.2 Å². The Morgan fingerprint density at radius 1 is 1.00 bits per heavy atom. The maximum Gasteiger partial charge on any atom is 0.251 e. The zero-order valence-corrected chi connectivity index (χ0v) is 22.2. The molecule has 0 aromatic heterocycles. The van der Waals surface area contributed by atoms with Crippen LogP contribution in [0.15, 0.2) is 48.6 Å². The summed E-state index contributed by atoms with van der Waals surface area (Å²) in [4.78, 5) is 47.5. The number of nitrogens with zero attached hydrogens (tertiary/aromatic N) is 3. The van der Waals surface area contributed by atoms with E-state index >= 15 is 0 Å². The Kier molecular flexibility index (Phi) is 6.72. The highest BCUT2D eigenvalue weighted by atomic mass is 35.5. The maximum absolute atomic E-state index is 14.3. The van der Waals surface area contributed by atoms with Crippen molar-refractivity contribution in [3.8, 4) is 0 Å². The van der Waals surface area contributed by atoms with E-state index in [1.54, 1.807) is 45.8 Å². The van der Waals surface area contributed by atoms with Crippen molar-refractivity contribution in [2.75, 3.05) is 37.7 Å². The minimum absolute atomic E-state index is 0.0190. The molecule has 4 heterocycles. The van der Waals surface area contributed by atoms with Gasteiger partial charge in [0.25, 0.3) is 5.91 Å². The van der Waals surface area contributed by atoms with E-state index in [4.69, 9.17) is 11.6 Å². The molecule has 5 rings (SSSR count). The lowest BCUT2D eigenvalue weighted by atomic mass is 9.74. The van der Waals surface area contributed by atoms with Gasteiger partial charge in [0.2, 0.25) is 11.8 Å². The van der Waals surface area contributed by atoms with E-state index in [1.165, 1.54) is 0 Å². The molecule has 36 heavy (non-hydrogen) atoms. The second kappa shape index (κ2) is 9.54. The molecule has 192 valence electrons. The average molecular weight is 530 g/mol. The van der Waals surface area contributed by atoms with Gasteiger partial charge in [-0.1, -0.05) is 42.8 Å². The Hall–Kier alpha value is -2.29. The predicted molar refractivity (Wildman–Crippen MR) is 142 cm³/mol. The number of fused-ring (bicyclic) bond motifs is 2. The van der Waals surface area contributed by atoms with Gasteiger partial charge in [-0.25, -0.2) is 0 Å². The standard InChI is InChI=1S/C27H32ClN3O4S/c1-3-13-29-14-4-11-26(2)20(23(29)33)21-24(34)31(16-6-17-32)22-25(35)30(15-5-12-27(21,22)36-26)19-9-7-18(28)8-10-19/h4-5,7-12,20-22,32H,3,6,13-17H2,1-2H3/t20-,21+,22?,26+,27+/m1/s1. The number of aliphatic hydroxyl groups is 1. The molecule has 2 saturated heterocycles. The highest BCUT2D eigenvalue weighted by Gasteiger charge is 2.73. The third-order valence-electron chi connectivity index (χ3n) is 7.83. The fourth-order valence-corrected chi connectivity index (χ4v) is 8.66. The van der Waals surface area contributed by atoms with Crippen molar-refractivity contribution in [3.63, 3.8) is 0 Å². The van der Waals surface area contributed by atoms with Gasteiger partial charge in [-0.05, 0) is 44.0 Å². The summed E-state index contributed by atoms with van der Waals surface area (Å²) in [5, 5.41) is 10.1. The van der Waals surface area contributed by atoms with E-state index in [-0.39, 0.29) is 30.9 Å². The molecule has 0 saturated carbocycles. The van der Waals surface area contributed by atoms with E-state index in [9.17, 15) is 19.5 Å². The van der Waals surface area contributed by atoms with Gasteiger partial charge in [0.05, 0.1) is 16.6 Å². The third-order valence-corrected chi connectivity index (χ3v) is 9.88. The number of carbonyl (C=O) groups is 3. The van der Waals surface area contributed by atoms with Crippen molar-refractivity contribution in [1.82, 2.24) is 9.80 Å². The average Bonchev–Trinajstić information content (AvgIpc) is 3.12. The van der Waals surface area contributed by atoms with E-state index in [2.05, 4.69) is 6.08 Å². The van der Waals surface area contributed by atoms with Crippen LogP contribution in [-0.2, 0) is 14.4 Å². The number of thioether (sulfide) groups is 1. The summed E-state index contributed by atoms with van der Waals surface area (Å²) < 4.78 is -1.49. The Morgan fingerprint density at radius 3 is 2.42 bits per heavy atom. The van der Waals surface area contributed by atoms with Crippen LogP contribution in [0.1, 0.15) is 26.7 Å². The number of anilines is 1. The van der Waals surface area contributed by atoms with E-state index in [0.29, 0.717) is 36.8 Å². The number of rotatable bonds is 6. The largest absolute Gasteiger partial charge is 0.396 e. The summed E-state index contributed by atoms with van der Waals surface area (Å²) in [5.74, 6) is -1.59. The summed E-state index contributed by atoms with van der Waals surface area (Å²) in [6.07, 6.45) is 9.28. The molecule has 5 atom stereocenters. The van der Waals surface area contributed by atoms with Crippen LogP contribution in [0.25, 0.3) is 0 Å². The fraction of sp³-hybridized carbons (Fsp3) is 0.519. The molecule has 0 radical (unpaired) electrons. The highest BCUT2D eigenvalue weighted by molar-refractivity contribution is 8.02. The summed E-state index contributed by atoms with van der Waals surface area (Å²) in [6, 6.07) is 6.33. The molecule has 0 bridgehead atoms. The number of likely N-dealkylation sites (tertiary alicyclic amines) is 1. The molecule has 3 amide bonds. The molecule has 9 heteroatoms. The van der Waals surface area contributed by atoms with Gasteiger partial charge in [0, 0.05) is 48.2 Å². The van der Waals surface area contributed by atoms with Gasteiger partial charge in [-0.2, -0.15) is 0 Å². The van der Waals surface area contributed by atoms with Crippen LogP contribution < -0.4 is 4.90 Å². The molecule has 1 aromatic rings. The summed E-state index contributed by atoms with van der Waals surface area (Å²) in [6.45, 7) is 5.77. The van der Waals surface area contributed by atoms with Crippen molar-refractivity contribution in [2.24, 2.45) is 11.8 Å². The number of hydrogen-bond acceptors (Lipinski definition) is 5. The molecular weight excluding hydrogens is 498 g/mol. The molecule has 1 spiro atoms. The van der Waals surface area contributed by atoms with Gasteiger partial charge in [0.1, 0.15) is 6.04 Å². The molecule has 7 nitrogen and oxygen atoms in total. The second-order valence-electron chi connectivity index (χ2n) is 10.1. The van der Waals surface area contributed by atoms with Crippen molar-refractivity contribution in [1.29, 1.82) is 0 Å². The van der Waals surface area contributed by atoms with Gasteiger partial charge in [0.15, 0.2) is 0 Å². The van der Waals surface area contributed by atoms with Crippen LogP contribution in [0, 0.1) is 11.8 Å². The SMILES string of the molecule is CCCN1CC=C[C@]2(C)S[C@]34C=CCN(c5ccc(Cl)cc5)C(=O)C3N(CCCO)C(=O)[C@@H]4[C@@H]2C1=O. The van der Waals surface area contributed by atoms with Crippen LogP contribution in [0.4, 0.5) is 5.69 Å². The minimum Gasteiger partial charge on any atom is -0.396 e. The third kappa shape index (κ3) is 3.80. The lowest BCUT2D eigenvalue weighted by Gasteiger charge is -2.36. The first-order chi connectivity index (χ1) is 17.3. The van der Waals surface area contributed by atoms with E-state index < -0.39 is 27.4 Å². The lowest BCUT2D eigenvalue weighted by Crippen LogP contribution is -2.53. The van der Waals surface area contributed by atoms with E-state index in [1.807, 2.05) is 37.0 Å². The summed E-state index contributed by atoms with van der Waals surface area (Å²) in [7, 11) is 0. The van der Waals surface area contributed by atoms with Crippen LogP contribution in [0.2, 0.25) is 5.02 Å². The van der Waals surface area contributed by atoms with Crippen molar-refractivity contribution in [2.45, 2.75) is 42.2 Å². The summed E-state index contributed by atoms with van der Waals surface area (Å²) >= 11 is 7.67. The first-order valence-electron chi connectivity index (χ1n) is 12.6. The summed E-state index contributed by atoms with van der Waals surface area (Å²) in [5.41, 5.74) is 0.706. The molecule has 4 aliphatic rings. The predicted octanol–water partition coefficient (Wildman–Crippen LogP) is 3.12. The highest BCUT2D eigenvalue weighted by Crippen LogP contribution is 2.65. The molecule has 0 aliphatic carbocycles. The molecule has 4 aliphatic heterocycles. The quantitative estimate of drug-likeness (QED) is 0.573. The van der Waals surface area contributed by atoms with E-state index in [0.717, 1.165) is 6.42 Å². The fourth-order valence-electron chi connectivity index (χ4n) is 6.38. The molecule has 1 aromatic carbocycles. The molecular formula is C27H32ClN3O4S. The zero-order valence-electron chi connectivity index (χ0n) is 20.6. The number of carbonyl (C=O) groups excluding carboxylic acids is 3. The Bertz CT molecular complexity index is 1120. The minimum atomic E-state index is -0.876. The first-order valence-corrected chi connectivity index (χ1v) is 13.8. The smallest absolute Gasteiger partial charge is 0.251 e. The van der Waals surface area contributed by atoms with Crippen molar-refractivity contribution < 1.29 is 19.5 Å². The first kappa shape index (κ1) is 25.4. The number of aliphatic hydroxyl groups excluding tert-OH is 1. The molecule has 2 fully saturated rings. The Morgan fingerprint density at radius 2 is 1.72 bits per heavy atom. The molecule has 1 unspecified atom stereocenters. The normalized spacial score (nSPS) is 33.5. The van der Waals surface area contributed by atoms with Crippen LogP contribution in [-0.4, -0.2) is 80.9 Å². The zero-order chi connectivity index (χ0) is 25.7. The lowest BCUT2D eigenvalue weighted by molar-refractivity contribution is -0.143. The number of halogens is 1. The van der Waals surface area contributed by atoms with Gasteiger partial charge in [-0.15, -0.1) is 11.8 Å². The van der Waals surface area contributed by atoms with Crippen LogP contribution in [0.5, 0.6) is 0 Å². The van der Waals surface area contributed by atoms with Gasteiger partial charge < -0.3 is 19.8 Å². The monoisotopic (exact) mass is 529 g/mol. The Labute approximate surface area is 221 Å². The van der Waals surface area contributed by atoms with Gasteiger partial charge in [-0.3, -0.25) is 14.4 Å². The maximum atomic E-state index is 14.3. The number of amides is 3. The number of benzene rings is 1. The van der Waals surface area contributed by atoms with Crippen molar-refractivity contribution in [3.05, 3.63) is 53.6 Å². The van der Waals surface area contributed by atoms with Crippen LogP contribution >= 0.6 is 23.4 Å². The number of hydrogen-bond donors (Lipinski definition) is 1. The molecule has 1 N–H and O–H groups in total. The van der Waals surface area contributed by atoms with Gasteiger partial charge >= 0.3 is 0 Å². The van der Waals surface area contributed by atoms with Crippen molar-refractivity contribution >= 4 is 46.8 Å². The van der Waals surface area contributed by atoms with Crippen LogP contribution in [0.3, 0.4) is 0 Å².